The lowest BCUT2D eigenvalue weighted by atomic mass is 10.1. The maximum absolute atomic E-state index is 11.6. The Labute approximate surface area is 137 Å². The predicted octanol–water partition coefficient (Wildman–Crippen LogP) is 3.34. The molecule has 5 heteroatoms. The first kappa shape index (κ1) is 16.8. The molecule has 1 heterocycles. The van der Waals surface area contributed by atoms with Crippen molar-refractivity contribution in [1.29, 1.82) is 0 Å². The minimum atomic E-state index is -0.0598. The van der Waals surface area contributed by atoms with E-state index in [2.05, 4.69) is 21.7 Å². The first-order valence-electron chi connectivity index (χ1n) is 7.73. The van der Waals surface area contributed by atoms with Gasteiger partial charge in [0.2, 0.25) is 5.91 Å². The third-order valence-electron chi connectivity index (χ3n) is 3.46. The molecule has 2 aromatic rings. The molecule has 0 radical (unpaired) electrons. The molecule has 0 spiro atoms. The Morgan fingerprint density at radius 3 is 2.65 bits per heavy atom. The molecule has 0 atom stereocenters. The standard InChI is InChI=1S/C18H23N3O2/c1-13(2)18(22)21-17-9-8-15(12-20-17)19-11-10-14-6-4-5-7-16(14)23-3/h4-9,12-13,19H,10-11H2,1-3H3,(H,20,21,22). The number of methoxy groups -OCH3 is 1. The van der Waals surface area contributed by atoms with Crippen LogP contribution in [0.3, 0.4) is 0 Å². The normalized spacial score (nSPS) is 10.4. The average Bonchev–Trinajstić information content (AvgIpc) is 2.56. The Bertz CT molecular complexity index is 639. The van der Waals surface area contributed by atoms with Crippen LogP contribution in [-0.2, 0) is 11.2 Å². The summed E-state index contributed by atoms with van der Waals surface area (Å²) >= 11 is 0. The van der Waals surface area contributed by atoms with Crippen molar-refractivity contribution in [2.45, 2.75) is 20.3 Å². The highest BCUT2D eigenvalue weighted by Gasteiger charge is 2.07. The highest BCUT2D eigenvalue weighted by molar-refractivity contribution is 5.91. The maximum atomic E-state index is 11.6. The van der Waals surface area contributed by atoms with Gasteiger partial charge in [0.25, 0.3) is 0 Å². The summed E-state index contributed by atoms with van der Waals surface area (Å²) in [7, 11) is 1.68. The maximum Gasteiger partial charge on any atom is 0.228 e. The first-order valence-corrected chi connectivity index (χ1v) is 7.73. The van der Waals surface area contributed by atoms with Crippen LogP contribution < -0.4 is 15.4 Å². The molecule has 122 valence electrons. The van der Waals surface area contributed by atoms with Gasteiger partial charge in [0.05, 0.1) is 19.0 Å². The molecule has 0 aliphatic carbocycles. The SMILES string of the molecule is COc1ccccc1CCNc1ccc(NC(=O)C(C)C)nc1. The Kier molecular flexibility index (Phi) is 5.97. The van der Waals surface area contributed by atoms with Crippen molar-refractivity contribution >= 4 is 17.4 Å². The van der Waals surface area contributed by atoms with Crippen molar-refractivity contribution in [3.05, 3.63) is 48.2 Å². The molecule has 0 saturated carbocycles. The molecule has 0 unspecified atom stereocenters. The van der Waals surface area contributed by atoms with Crippen molar-refractivity contribution in [2.75, 3.05) is 24.3 Å². The van der Waals surface area contributed by atoms with Gasteiger partial charge < -0.3 is 15.4 Å². The molecule has 0 fully saturated rings. The van der Waals surface area contributed by atoms with Crippen LogP contribution in [0.2, 0.25) is 0 Å². The molecule has 0 aliphatic rings. The molecule has 1 aromatic carbocycles. The number of rotatable bonds is 7. The molecule has 0 saturated heterocycles. The van der Waals surface area contributed by atoms with Crippen molar-refractivity contribution in [3.8, 4) is 5.75 Å². The fourth-order valence-electron chi connectivity index (χ4n) is 2.09. The third-order valence-corrected chi connectivity index (χ3v) is 3.46. The number of pyridine rings is 1. The van der Waals surface area contributed by atoms with E-state index < -0.39 is 0 Å². The molecule has 1 aromatic heterocycles. The Hall–Kier alpha value is -2.56. The van der Waals surface area contributed by atoms with Crippen LogP contribution in [0, 0.1) is 5.92 Å². The zero-order chi connectivity index (χ0) is 16.7. The fourth-order valence-corrected chi connectivity index (χ4v) is 2.09. The number of nitrogens with one attached hydrogen (secondary N) is 2. The number of hydrogen-bond donors (Lipinski definition) is 2. The second-order valence-corrected chi connectivity index (χ2v) is 5.56. The van der Waals surface area contributed by atoms with Gasteiger partial charge in [-0.2, -0.15) is 0 Å². The number of aromatic nitrogens is 1. The number of nitrogens with zero attached hydrogens (tertiary/aromatic N) is 1. The number of ether oxygens (including phenoxy) is 1. The van der Waals surface area contributed by atoms with Crippen molar-refractivity contribution in [1.82, 2.24) is 4.98 Å². The van der Waals surface area contributed by atoms with Gasteiger partial charge in [-0.15, -0.1) is 0 Å². The number of amides is 1. The van der Waals surface area contributed by atoms with Crippen molar-refractivity contribution < 1.29 is 9.53 Å². The van der Waals surface area contributed by atoms with Crippen molar-refractivity contribution in [2.24, 2.45) is 5.92 Å². The highest BCUT2D eigenvalue weighted by atomic mass is 16.5. The summed E-state index contributed by atoms with van der Waals surface area (Å²) in [6, 6.07) is 11.7. The van der Waals surface area contributed by atoms with Gasteiger partial charge >= 0.3 is 0 Å². The van der Waals surface area contributed by atoms with Crippen LogP contribution in [0.25, 0.3) is 0 Å². The number of carbonyl (C=O) groups is 1. The van der Waals surface area contributed by atoms with Gasteiger partial charge in [-0.1, -0.05) is 32.0 Å². The van der Waals surface area contributed by atoms with Crippen LogP contribution in [0.5, 0.6) is 5.75 Å². The summed E-state index contributed by atoms with van der Waals surface area (Å²) in [4.78, 5) is 15.8. The van der Waals surface area contributed by atoms with E-state index in [0.717, 1.165) is 30.0 Å². The second-order valence-electron chi connectivity index (χ2n) is 5.56. The topological polar surface area (TPSA) is 63.2 Å². The summed E-state index contributed by atoms with van der Waals surface area (Å²) < 4.78 is 5.34. The molecule has 2 N–H and O–H groups in total. The Balaban J connectivity index is 1.85. The summed E-state index contributed by atoms with van der Waals surface area (Å²) in [6.45, 7) is 4.48. The number of hydrogen-bond acceptors (Lipinski definition) is 4. The molecule has 5 nitrogen and oxygen atoms in total. The van der Waals surface area contributed by atoms with E-state index in [0.29, 0.717) is 5.82 Å². The lowest BCUT2D eigenvalue weighted by Gasteiger charge is -2.10. The minimum absolute atomic E-state index is 0.0330. The summed E-state index contributed by atoms with van der Waals surface area (Å²) in [5.41, 5.74) is 2.08. The molecule has 23 heavy (non-hydrogen) atoms. The second kappa shape index (κ2) is 8.17. The summed E-state index contributed by atoms with van der Waals surface area (Å²) in [5.74, 6) is 1.38. The molecular formula is C18H23N3O2. The summed E-state index contributed by atoms with van der Waals surface area (Å²) in [5, 5.41) is 6.09. The lowest BCUT2D eigenvalue weighted by molar-refractivity contribution is -0.118. The molecule has 0 aliphatic heterocycles. The number of benzene rings is 1. The number of carbonyl (C=O) groups excluding carboxylic acids is 1. The molecule has 2 rings (SSSR count). The third kappa shape index (κ3) is 4.98. The monoisotopic (exact) mass is 313 g/mol. The average molecular weight is 313 g/mol. The van der Waals surface area contributed by atoms with E-state index in [1.165, 1.54) is 0 Å². The summed E-state index contributed by atoms with van der Waals surface area (Å²) in [6.07, 6.45) is 2.58. The van der Waals surface area contributed by atoms with Crippen LogP contribution in [0.15, 0.2) is 42.6 Å². The number of anilines is 2. The van der Waals surface area contributed by atoms with Crippen LogP contribution in [0.4, 0.5) is 11.5 Å². The van der Waals surface area contributed by atoms with E-state index in [-0.39, 0.29) is 11.8 Å². The van der Waals surface area contributed by atoms with E-state index in [9.17, 15) is 4.79 Å². The van der Waals surface area contributed by atoms with Gasteiger partial charge in [0.1, 0.15) is 11.6 Å². The van der Waals surface area contributed by atoms with Gasteiger partial charge in [-0.3, -0.25) is 4.79 Å². The molecular weight excluding hydrogens is 290 g/mol. The van der Waals surface area contributed by atoms with E-state index in [1.54, 1.807) is 19.4 Å². The van der Waals surface area contributed by atoms with Crippen LogP contribution in [0.1, 0.15) is 19.4 Å². The van der Waals surface area contributed by atoms with Crippen LogP contribution >= 0.6 is 0 Å². The van der Waals surface area contributed by atoms with E-state index in [4.69, 9.17) is 4.74 Å². The minimum Gasteiger partial charge on any atom is -0.496 e. The fraction of sp³-hybridized carbons (Fsp3) is 0.333. The van der Waals surface area contributed by atoms with E-state index >= 15 is 0 Å². The molecule has 0 bridgehead atoms. The molecule has 1 amide bonds. The van der Waals surface area contributed by atoms with Crippen LogP contribution in [-0.4, -0.2) is 24.5 Å². The first-order chi connectivity index (χ1) is 11.1. The van der Waals surface area contributed by atoms with Gasteiger partial charge in [-0.05, 0) is 30.2 Å². The Morgan fingerprint density at radius 2 is 2.00 bits per heavy atom. The quantitative estimate of drug-likeness (QED) is 0.823. The van der Waals surface area contributed by atoms with Gasteiger partial charge in [-0.25, -0.2) is 4.98 Å². The number of para-hydroxylation sites is 1. The smallest absolute Gasteiger partial charge is 0.228 e. The Morgan fingerprint density at radius 1 is 1.22 bits per heavy atom. The predicted molar refractivity (Wildman–Crippen MR) is 92.9 cm³/mol. The zero-order valence-electron chi connectivity index (χ0n) is 13.8. The zero-order valence-corrected chi connectivity index (χ0v) is 13.8. The lowest BCUT2D eigenvalue weighted by Crippen LogP contribution is -2.18. The van der Waals surface area contributed by atoms with Gasteiger partial charge in [0, 0.05) is 12.5 Å². The largest absolute Gasteiger partial charge is 0.496 e. The van der Waals surface area contributed by atoms with E-state index in [1.807, 2.05) is 38.1 Å². The highest BCUT2D eigenvalue weighted by Crippen LogP contribution is 2.18. The van der Waals surface area contributed by atoms with Crippen molar-refractivity contribution in [3.63, 3.8) is 0 Å². The van der Waals surface area contributed by atoms with Gasteiger partial charge in [0.15, 0.2) is 0 Å².